The van der Waals surface area contributed by atoms with Gasteiger partial charge in [-0.25, -0.2) is 4.98 Å². The zero-order valence-corrected chi connectivity index (χ0v) is 13.3. The van der Waals surface area contributed by atoms with Crippen molar-refractivity contribution in [3.8, 4) is 0 Å². The molecule has 120 valence electrons. The molecular weight excluding hydrogens is 278 g/mol. The van der Waals surface area contributed by atoms with Gasteiger partial charge in [0.05, 0.1) is 12.2 Å². The first-order chi connectivity index (χ1) is 10.8. The summed E-state index contributed by atoms with van der Waals surface area (Å²) in [6, 6.07) is 3.90. The van der Waals surface area contributed by atoms with Gasteiger partial charge in [0.2, 0.25) is 0 Å². The number of aromatic nitrogens is 1. The Labute approximate surface area is 132 Å². The fourth-order valence-electron chi connectivity index (χ4n) is 3.45. The van der Waals surface area contributed by atoms with Crippen molar-refractivity contribution >= 4 is 11.7 Å². The summed E-state index contributed by atoms with van der Waals surface area (Å²) in [7, 11) is 1.72. The first-order valence-corrected chi connectivity index (χ1v) is 8.27. The van der Waals surface area contributed by atoms with Gasteiger partial charge in [-0.2, -0.15) is 0 Å². The number of piperidine rings is 1. The van der Waals surface area contributed by atoms with Crippen LogP contribution in [-0.2, 0) is 4.74 Å². The predicted molar refractivity (Wildman–Crippen MR) is 86.2 cm³/mol. The number of methoxy groups -OCH3 is 1. The molecule has 0 bridgehead atoms. The largest absolute Gasteiger partial charge is 0.384 e. The van der Waals surface area contributed by atoms with E-state index in [2.05, 4.69) is 9.88 Å². The van der Waals surface area contributed by atoms with E-state index < -0.39 is 0 Å². The number of nitrogens with zero attached hydrogens (tertiary/aromatic N) is 3. The Kier molecular flexibility index (Phi) is 4.93. The van der Waals surface area contributed by atoms with E-state index in [0.717, 1.165) is 51.4 Å². The summed E-state index contributed by atoms with van der Waals surface area (Å²) < 4.78 is 5.23. The summed E-state index contributed by atoms with van der Waals surface area (Å²) in [6.45, 7) is 4.51. The van der Waals surface area contributed by atoms with Crippen molar-refractivity contribution in [2.75, 3.05) is 44.8 Å². The van der Waals surface area contributed by atoms with Gasteiger partial charge in [-0.3, -0.25) is 4.79 Å². The summed E-state index contributed by atoms with van der Waals surface area (Å²) in [4.78, 5) is 21.3. The quantitative estimate of drug-likeness (QED) is 0.855. The third kappa shape index (κ3) is 3.40. The highest BCUT2D eigenvalue weighted by Gasteiger charge is 2.24. The molecule has 3 heterocycles. The minimum absolute atomic E-state index is 0.0984. The Morgan fingerprint density at radius 3 is 2.77 bits per heavy atom. The van der Waals surface area contributed by atoms with Crippen molar-refractivity contribution in [1.82, 2.24) is 9.88 Å². The molecule has 2 fully saturated rings. The van der Waals surface area contributed by atoms with E-state index in [1.165, 1.54) is 12.8 Å². The lowest BCUT2D eigenvalue weighted by Crippen LogP contribution is -2.41. The zero-order chi connectivity index (χ0) is 15.4. The van der Waals surface area contributed by atoms with Crippen LogP contribution in [-0.4, -0.2) is 55.7 Å². The Bertz CT molecular complexity index is 495. The summed E-state index contributed by atoms with van der Waals surface area (Å²) in [5, 5.41) is 0. The smallest absolute Gasteiger partial charge is 0.255 e. The number of hydrogen-bond donors (Lipinski definition) is 0. The number of amides is 1. The Hall–Kier alpha value is -1.62. The van der Waals surface area contributed by atoms with Crippen LogP contribution in [0.1, 0.15) is 36.0 Å². The zero-order valence-electron chi connectivity index (χ0n) is 13.3. The van der Waals surface area contributed by atoms with E-state index >= 15 is 0 Å². The number of hydrogen-bond acceptors (Lipinski definition) is 4. The van der Waals surface area contributed by atoms with E-state index in [1.807, 2.05) is 17.0 Å². The maximum atomic E-state index is 12.6. The first kappa shape index (κ1) is 15.3. The fraction of sp³-hybridized carbons (Fsp3) is 0.647. The molecule has 0 spiro atoms. The molecule has 2 saturated heterocycles. The van der Waals surface area contributed by atoms with Crippen LogP contribution in [0.3, 0.4) is 0 Å². The van der Waals surface area contributed by atoms with E-state index in [-0.39, 0.29) is 5.91 Å². The topological polar surface area (TPSA) is 45.7 Å². The van der Waals surface area contributed by atoms with Crippen LogP contribution < -0.4 is 4.90 Å². The van der Waals surface area contributed by atoms with Crippen LogP contribution in [0.2, 0.25) is 0 Å². The number of carbonyl (C=O) groups excluding carboxylic acids is 1. The molecule has 1 aromatic rings. The number of rotatable bonds is 4. The second-order valence-electron chi connectivity index (χ2n) is 6.31. The summed E-state index contributed by atoms with van der Waals surface area (Å²) in [6.07, 6.45) is 6.40. The Morgan fingerprint density at radius 1 is 1.27 bits per heavy atom. The van der Waals surface area contributed by atoms with Crippen LogP contribution in [0.5, 0.6) is 0 Å². The van der Waals surface area contributed by atoms with E-state index in [0.29, 0.717) is 11.5 Å². The monoisotopic (exact) mass is 303 g/mol. The fourth-order valence-corrected chi connectivity index (χ4v) is 3.45. The van der Waals surface area contributed by atoms with Crippen molar-refractivity contribution in [2.45, 2.75) is 25.7 Å². The highest BCUT2D eigenvalue weighted by atomic mass is 16.5. The number of anilines is 1. The van der Waals surface area contributed by atoms with Gasteiger partial charge in [0.25, 0.3) is 5.91 Å². The standard InChI is InChI=1S/C17H25N3O2/c1-22-13-14-5-4-10-20(12-14)17(21)15-6-7-16(18-11-15)19-8-2-3-9-19/h6-7,11,14H,2-5,8-10,12-13H2,1H3/t14-/m1/s1. The lowest BCUT2D eigenvalue weighted by atomic mass is 9.98. The number of likely N-dealkylation sites (tertiary alicyclic amines) is 1. The van der Waals surface area contributed by atoms with E-state index in [1.54, 1.807) is 13.3 Å². The second-order valence-corrected chi connectivity index (χ2v) is 6.31. The molecule has 1 amide bonds. The van der Waals surface area contributed by atoms with Gasteiger partial charge >= 0.3 is 0 Å². The van der Waals surface area contributed by atoms with Gasteiger partial charge in [-0.15, -0.1) is 0 Å². The normalized spacial score (nSPS) is 22.1. The van der Waals surface area contributed by atoms with Gasteiger partial charge in [0, 0.05) is 39.5 Å². The van der Waals surface area contributed by atoms with Gasteiger partial charge in [0.1, 0.15) is 5.82 Å². The number of carbonyl (C=O) groups is 1. The maximum Gasteiger partial charge on any atom is 0.255 e. The maximum absolute atomic E-state index is 12.6. The molecular formula is C17H25N3O2. The molecule has 5 heteroatoms. The van der Waals surface area contributed by atoms with E-state index in [9.17, 15) is 4.79 Å². The summed E-state index contributed by atoms with van der Waals surface area (Å²) in [5.41, 5.74) is 0.695. The molecule has 2 aliphatic rings. The molecule has 0 aromatic carbocycles. The molecule has 3 rings (SSSR count). The minimum Gasteiger partial charge on any atom is -0.384 e. The van der Waals surface area contributed by atoms with Gasteiger partial charge in [-0.05, 0) is 43.7 Å². The molecule has 0 radical (unpaired) electrons. The van der Waals surface area contributed by atoms with Crippen molar-refractivity contribution < 1.29 is 9.53 Å². The molecule has 0 saturated carbocycles. The van der Waals surface area contributed by atoms with Crippen molar-refractivity contribution in [1.29, 1.82) is 0 Å². The average molecular weight is 303 g/mol. The predicted octanol–water partition coefficient (Wildman–Crippen LogP) is 2.18. The van der Waals surface area contributed by atoms with Crippen LogP contribution >= 0.6 is 0 Å². The molecule has 5 nitrogen and oxygen atoms in total. The van der Waals surface area contributed by atoms with Crippen molar-refractivity contribution in [3.05, 3.63) is 23.9 Å². The highest BCUT2D eigenvalue weighted by Crippen LogP contribution is 2.21. The molecule has 22 heavy (non-hydrogen) atoms. The third-order valence-electron chi connectivity index (χ3n) is 4.63. The highest BCUT2D eigenvalue weighted by molar-refractivity contribution is 5.94. The SMILES string of the molecule is COC[C@@H]1CCCN(C(=O)c2ccc(N3CCCC3)nc2)C1. The molecule has 0 aliphatic carbocycles. The molecule has 0 N–H and O–H groups in total. The molecule has 1 atom stereocenters. The number of ether oxygens (including phenoxy) is 1. The Balaban J connectivity index is 1.64. The Morgan fingerprint density at radius 2 is 2.09 bits per heavy atom. The number of pyridine rings is 1. The third-order valence-corrected chi connectivity index (χ3v) is 4.63. The first-order valence-electron chi connectivity index (χ1n) is 8.27. The average Bonchev–Trinajstić information content (AvgIpc) is 3.09. The molecule has 0 unspecified atom stereocenters. The molecule has 1 aromatic heterocycles. The van der Waals surface area contributed by atoms with Crippen molar-refractivity contribution in [2.24, 2.45) is 5.92 Å². The minimum atomic E-state index is 0.0984. The van der Waals surface area contributed by atoms with Crippen LogP contribution in [0.15, 0.2) is 18.3 Å². The molecule has 2 aliphatic heterocycles. The van der Waals surface area contributed by atoms with Crippen LogP contribution in [0, 0.1) is 5.92 Å². The van der Waals surface area contributed by atoms with E-state index in [4.69, 9.17) is 4.74 Å². The second kappa shape index (κ2) is 7.09. The van der Waals surface area contributed by atoms with Gasteiger partial charge < -0.3 is 14.5 Å². The lowest BCUT2D eigenvalue weighted by molar-refractivity contribution is 0.0570. The van der Waals surface area contributed by atoms with Gasteiger partial charge in [0.15, 0.2) is 0 Å². The van der Waals surface area contributed by atoms with Crippen LogP contribution in [0.25, 0.3) is 0 Å². The lowest BCUT2D eigenvalue weighted by Gasteiger charge is -2.32. The van der Waals surface area contributed by atoms with Gasteiger partial charge in [-0.1, -0.05) is 0 Å². The van der Waals surface area contributed by atoms with Crippen molar-refractivity contribution in [3.63, 3.8) is 0 Å². The summed E-state index contributed by atoms with van der Waals surface area (Å²) >= 11 is 0. The summed E-state index contributed by atoms with van der Waals surface area (Å²) in [5.74, 6) is 1.55. The van der Waals surface area contributed by atoms with Crippen LogP contribution in [0.4, 0.5) is 5.82 Å².